The molecule has 0 unspecified atom stereocenters. The van der Waals surface area contributed by atoms with E-state index in [1.54, 1.807) is 7.11 Å². The molecule has 0 aliphatic heterocycles. The van der Waals surface area contributed by atoms with E-state index < -0.39 is 0 Å². The van der Waals surface area contributed by atoms with Crippen LogP contribution in [-0.2, 0) is 13.1 Å². The Labute approximate surface area is 161 Å². The lowest BCUT2D eigenvalue weighted by Crippen LogP contribution is -2.31. The van der Waals surface area contributed by atoms with Crippen LogP contribution in [-0.4, -0.2) is 53.6 Å². The van der Waals surface area contributed by atoms with Crippen LogP contribution in [0, 0.1) is 0 Å². The number of hydrogen-bond acceptors (Lipinski definition) is 4. The van der Waals surface area contributed by atoms with Crippen LogP contribution in [0.3, 0.4) is 0 Å². The Balaban J connectivity index is 1.77. The summed E-state index contributed by atoms with van der Waals surface area (Å²) in [5, 5.41) is 0. The average Bonchev–Trinajstić information content (AvgIpc) is 3.15. The molecule has 0 fully saturated rings. The monoisotopic (exact) mass is 364 g/mol. The standard InChI is InChI=1S/C22H28N4O/c1-24(2)14-15-25(17-19-8-5-4-6-9-19)18-21-10-7-13-26(21)20-11-12-22(27-3)23-16-20/h4-13,16H,14-15,17-18H2,1-3H3. The highest BCUT2D eigenvalue weighted by Gasteiger charge is 2.11. The SMILES string of the molecule is COc1ccc(-n2cccc2CN(CCN(C)C)Cc2ccccc2)cn1. The van der Waals surface area contributed by atoms with Gasteiger partial charge in [0.05, 0.1) is 19.0 Å². The Bertz CT molecular complexity index is 812. The zero-order valence-corrected chi connectivity index (χ0v) is 16.4. The van der Waals surface area contributed by atoms with Gasteiger partial charge in [-0.05, 0) is 37.9 Å². The van der Waals surface area contributed by atoms with Crippen LogP contribution in [0.2, 0.25) is 0 Å². The molecule has 5 heteroatoms. The Morgan fingerprint density at radius 3 is 2.41 bits per heavy atom. The zero-order chi connectivity index (χ0) is 19.1. The van der Waals surface area contributed by atoms with E-state index in [2.05, 4.69) is 82.1 Å². The van der Waals surface area contributed by atoms with Crippen LogP contribution in [0.1, 0.15) is 11.3 Å². The first-order valence-electron chi connectivity index (χ1n) is 9.23. The Hall–Kier alpha value is -2.63. The van der Waals surface area contributed by atoms with Crippen molar-refractivity contribution in [1.29, 1.82) is 0 Å². The summed E-state index contributed by atoms with van der Waals surface area (Å²) in [5.41, 5.74) is 3.63. The van der Waals surface area contributed by atoms with Gasteiger partial charge in [-0.3, -0.25) is 4.90 Å². The second kappa shape index (κ2) is 9.35. The van der Waals surface area contributed by atoms with Gasteiger partial charge in [0.15, 0.2) is 0 Å². The lowest BCUT2D eigenvalue weighted by molar-refractivity contribution is 0.223. The number of methoxy groups -OCH3 is 1. The van der Waals surface area contributed by atoms with Crippen molar-refractivity contribution in [3.63, 3.8) is 0 Å². The first-order valence-corrected chi connectivity index (χ1v) is 9.23. The minimum atomic E-state index is 0.629. The third kappa shape index (κ3) is 5.42. The van der Waals surface area contributed by atoms with E-state index in [9.17, 15) is 0 Å². The molecule has 1 aromatic carbocycles. The van der Waals surface area contributed by atoms with E-state index in [1.807, 2.05) is 18.3 Å². The summed E-state index contributed by atoms with van der Waals surface area (Å²) in [6.45, 7) is 3.84. The highest BCUT2D eigenvalue weighted by Crippen LogP contribution is 2.17. The molecule has 0 aliphatic carbocycles. The topological polar surface area (TPSA) is 33.5 Å². The highest BCUT2D eigenvalue weighted by molar-refractivity contribution is 5.34. The van der Waals surface area contributed by atoms with E-state index in [-0.39, 0.29) is 0 Å². The summed E-state index contributed by atoms with van der Waals surface area (Å²) in [6, 6.07) is 18.9. The summed E-state index contributed by atoms with van der Waals surface area (Å²) in [5.74, 6) is 0.629. The zero-order valence-electron chi connectivity index (χ0n) is 16.4. The largest absolute Gasteiger partial charge is 0.481 e. The highest BCUT2D eigenvalue weighted by atomic mass is 16.5. The van der Waals surface area contributed by atoms with Gasteiger partial charge < -0.3 is 14.2 Å². The van der Waals surface area contributed by atoms with Gasteiger partial charge in [-0.25, -0.2) is 4.98 Å². The molecule has 2 aromatic heterocycles. The number of aromatic nitrogens is 2. The fourth-order valence-electron chi connectivity index (χ4n) is 3.06. The molecule has 0 atom stereocenters. The molecule has 0 bridgehead atoms. The van der Waals surface area contributed by atoms with Crippen molar-refractivity contribution in [1.82, 2.24) is 19.4 Å². The average molecular weight is 364 g/mol. The Morgan fingerprint density at radius 2 is 1.74 bits per heavy atom. The maximum Gasteiger partial charge on any atom is 0.213 e. The molecule has 142 valence electrons. The quantitative estimate of drug-likeness (QED) is 0.582. The molecule has 3 rings (SSSR count). The molecule has 0 radical (unpaired) electrons. The second-order valence-corrected chi connectivity index (χ2v) is 6.93. The molecule has 0 amide bonds. The van der Waals surface area contributed by atoms with Crippen molar-refractivity contribution in [3.05, 3.63) is 78.2 Å². The molecule has 3 aromatic rings. The summed E-state index contributed by atoms with van der Waals surface area (Å²) in [6.07, 6.45) is 3.94. The molecule has 2 heterocycles. The van der Waals surface area contributed by atoms with E-state index in [0.717, 1.165) is 31.9 Å². The number of hydrogen-bond donors (Lipinski definition) is 0. The first kappa shape index (κ1) is 19.1. The van der Waals surface area contributed by atoms with Crippen molar-refractivity contribution < 1.29 is 4.74 Å². The molecule has 5 nitrogen and oxygen atoms in total. The van der Waals surface area contributed by atoms with Gasteiger partial charge in [-0.15, -0.1) is 0 Å². The maximum absolute atomic E-state index is 5.17. The van der Waals surface area contributed by atoms with Crippen LogP contribution in [0.4, 0.5) is 0 Å². The van der Waals surface area contributed by atoms with E-state index in [4.69, 9.17) is 4.74 Å². The number of benzene rings is 1. The molecular weight excluding hydrogens is 336 g/mol. The van der Waals surface area contributed by atoms with Gasteiger partial charge in [0.25, 0.3) is 0 Å². The molecular formula is C22H28N4O. The molecule has 0 aliphatic rings. The third-order valence-electron chi connectivity index (χ3n) is 4.54. The summed E-state index contributed by atoms with van der Waals surface area (Å²) in [4.78, 5) is 9.05. The van der Waals surface area contributed by atoms with E-state index >= 15 is 0 Å². The number of ether oxygens (including phenoxy) is 1. The minimum absolute atomic E-state index is 0.629. The third-order valence-corrected chi connectivity index (χ3v) is 4.54. The smallest absolute Gasteiger partial charge is 0.213 e. The van der Waals surface area contributed by atoms with Gasteiger partial charge >= 0.3 is 0 Å². The van der Waals surface area contributed by atoms with Crippen LogP contribution >= 0.6 is 0 Å². The van der Waals surface area contributed by atoms with Crippen LogP contribution in [0.5, 0.6) is 5.88 Å². The fourth-order valence-corrected chi connectivity index (χ4v) is 3.06. The number of pyridine rings is 1. The van der Waals surface area contributed by atoms with Gasteiger partial charge in [0.2, 0.25) is 5.88 Å². The molecule has 0 saturated heterocycles. The van der Waals surface area contributed by atoms with Gasteiger partial charge in [-0.2, -0.15) is 0 Å². The number of nitrogens with zero attached hydrogens (tertiary/aromatic N) is 4. The van der Waals surface area contributed by atoms with Crippen molar-refractivity contribution in [2.75, 3.05) is 34.3 Å². The Kier molecular flexibility index (Phi) is 6.63. The van der Waals surface area contributed by atoms with Gasteiger partial charge in [0.1, 0.15) is 0 Å². The summed E-state index contributed by atoms with van der Waals surface area (Å²) in [7, 11) is 5.87. The predicted octanol–water partition coefficient (Wildman–Crippen LogP) is 3.44. The number of likely N-dealkylation sites (N-methyl/N-ethyl adjacent to an activating group) is 1. The number of rotatable bonds is 9. The van der Waals surface area contributed by atoms with E-state index in [1.165, 1.54) is 11.3 Å². The minimum Gasteiger partial charge on any atom is -0.481 e. The van der Waals surface area contributed by atoms with Crippen molar-refractivity contribution in [3.8, 4) is 11.6 Å². The van der Waals surface area contributed by atoms with Crippen LogP contribution in [0.25, 0.3) is 5.69 Å². The summed E-state index contributed by atoms with van der Waals surface area (Å²) < 4.78 is 7.36. The van der Waals surface area contributed by atoms with Crippen molar-refractivity contribution >= 4 is 0 Å². The molecule has 0 spiro atoms. The van der Waals surface area contributed by atoms with Crippen LogP contribution in [0.15, 0.2) is 67.0 Å². The first-order chi connectivity index (χ1) is 13.2. The molecule has 0 N–H and O–H groups in total. The van der Waals surface area contributed by atoms with Gasteiger partial charge in [0, 0.05) is 44.1 Å². The maximum atomic E-state index is 5.17. The predicted molar refractivity (Wildman–Crippen MR) is 109 cm³/mol. The van der Waals surface area contributed by atoms with Crippen LogP contribution < -0.4 is 4.74 Å². The van der Waals surface area contributed by atoms with Crippen molar-refractivity contribution in [2.24, 2.45) is 0 Å². The lowest BCUT2D eigenvalue weighted by atomic mass is 10.2. The van der Waals surface area contributed by atoms with Gasteiger partial charge in [-0.1, -0.05) is 30.3 Å². The fraction of sp³-hybridized carbons (Fsp3) is 0.318. The summed E-state index contributed by atoms with van der Waals surface area (Å²) >= 11 is 0. The second-order valence-electron chi connectivity index (χ2n) is 6.93. The van der Waals surface area contributed by atoms with Crippen molar-refractivity contribution in [2.45, 2.75) is 13.1 Å². The lowest BCUT2D eigenvalue weighted by Gasteiger charge is -2.25. The van der Waals surface area contributed by atoms with E-state index in [0.29, 0.717) is 5.88 Å². The Morgan fingerprint density at radius 1 is 0.926 bits per heavy atom. The molecule has 27 heavy (non-hydrogen) atoms. The molecule has 0 saturated carbocycles. The normalized spacial score (nSPS) is 11.3.